The molecule has 4 rings (SSSR count). The van der Waals surface area contributed by atoms with Gasteiger partial charge in [-0.1, -0.05) is 13.8 Å². The quantitative estimate of drug-likeness (QED) is 0.574. The van der Waals surface area contributed by atoms with E-state index in [1.165, 1.54) is 11.8 Å². The Kier molecular flexibility index (Phi) is 4.41. The molecule has 29 heavy (non-hydrogen) atoms. The lowest BCUT2D eigenvalue weighted by molar-refractivity contribution is -0.131. The number of rotatable bonds is 2. The Balaban J connectivity index is 1.85. The highest BCUT2D eigenvalue weighted by Gasteiger charge is 2.35. The Morgan fingerprint density at radius 2 is 1.97 bits per heavy atom. The molecule has 1 aromatic heterocycles. The minimum Gasteiger partial charge on any atom is -0.481 e. The van der Waals surface area contributed by atoms with Crippen LogP contribution in [0.25, 0.3) is 11.3 Å². The summed E-state index contributed by atoms with van der Waals surface area (Å²) in [5.41, 5.74) is 2.67. The average Bonchev–Trinajstić information content (AvgIpc) is 2.67. The molecular weight excluding hydrogens is 372 g/mol. The van der Waals surface area contributed by atoms with Crippen LogP contribution in [-0.4, -0.2) is 36.3 Å². The zero-order valence-electron chi connectivity index (χ0n) is 16.9. The standard InChI is InChI=1S/C22H22N2O5/c1-12(25)29-18-10-19-17(24(4)20(26)11-28-19)9-14(18)15-6-5-13-16(23-15)7-8-22(2,3)21(13)27/h5-6,9-10H,7-8,11H2,1-4H3. The molecule has 7 heteroatoms. The molecule has 1 amide bonds. The third kappa shape index (κ3) is 3.26. The molecule has 2 heterocycles. The van der Waals surface area contributed by atoms with Crippen LogP contribution in [0.3, 0.4) is 0 Å². The van der Waals surface area contributed by atoms with Crippen molar-refractivity contribution in [2.75, 3.05) is 18.6 Å². The molecule has 0 saturated carbocycles. The van der Waals surface area contributed by atoms with Crippen LogP contribution in [0, 0.1) is 5.41 Å². The monoisotopic (exact) mass is 394 g/mol. The van der Waals surface area contributed by atoms with Gasteiger partial charge < -0.3 is 14.4 Å². The number of benzene rings is 1. The van der Waals surface area contributed by atoms with Crippen LogP contribution in [0.1, 0.15) is 43.2 Å². The van der Waals surface area contributed by atoms with Gasteiger partial charge in [0.2, 0.25) is 0 Å². The van der Waals surface area contributed by atoms with Crippen LogP contribution in [0.15, 0.2) is 24.3 Å². The highest BCUT2D eigenvalue weighted by Crippen LogP contribution is 2.42. The van der Waals surface area contributed by atoms with Gasteiger partial charge in [-0.05, 0) is 31.0 Å². The number of hydrogen-bond acceptors (Lipinski definition) is 6. The van der Waals surface area contributed by atoms with Crippen molar-refractivity contribution in [1.82, 2.24) is 4.98 Å². The summed E-state index contributed by atoms with van der Waals surface area (Å²) in [4.78, 5) is 42.6. The highest BCUT2D eigenvalue weighted by atomic mass is 16.5. The molecule has 2 aliphatic rings. The number of hydrogen-bond donors (Lipinski definition) is 0. The molecule has 0 fully saturated rings. The summed E-state index contributed by atoms with van der Waals surface area (Å²) in [6.07, 6.45) is 1.42. The molecule has 1 aliphatic heterocycles. The average molecular weight is 394 g/mol. The van der Waals surface area contributed by atoms with Crippen LogP contribution in [0.2, 0.25) is 0 Å². The summed E-state index contributed by atoms with van der Waals surface area (Å²) < 4.78 is 10.9. The SMILES string of the molecule is CC(=O)Oc1cc2c(cc1-c1ccc3c(n1)CCC(C)(C)C3=O)N(C)C(=O)CO2. The van der Waals surface area contributed by atoms with E-state index in [1.807, 2.05) is 13.8 Å². The van der Waals surface area contributed by atoms with Crippen molar-refractivity contribution in [2.45, 2.75) is 33.6 Å². The van der Waals surface area contributed by atoms with Crippen LogP contribution in [-0.2, 0) is 16.0 Å². The number of esters is 1. The van der Waals surface area contributed by atoms with E-state index in [2.05, 4.69) is 0 Å². The number of aryl methyl sites for hydroxylation is 1. The fourth-order valence-corrected chi connectivity index (χ4v) is 3.70. The minimum absolute atomic E-state index is 0.0721. The molecule has 1 aromatic carbocycles. The lowest BCUT2D eigenvalue weighted by Gasteiger charge is -2.29. The predicted octanol–water partition coefficient (Wildman–Crippen LogP) is 3.18. The van der Waals surface area contributed by atoms with Crippen molar-refractivity contribution in [3.05, 3.63) is 35.5 Å². The first-order chi connectivity index (χ1) is 13.7. The number of fused-ring (bicyclic) bond motifs is 2. The molecule has 0 bridgehead atoms. The van der Waals surface area contributed by atoms with E-state index in [4.69, 9.17) is 14.5 Å². The third-order valence-electron chi connectivity index (χ3n) is 5.50. The summed E-state index contributed by atoms with van der Waals surface area (Å²) in [7, 11) is 1.67. The van der Waals surface area contributed by atoms with E-state index in [1.54, 1.807) is 31.3 Å². The number of pyridine rings is 1. The fourth-order valence-electron chi connectivity index (χ4n) is 3.70. The Bertz CT molecular complexity index is 1060. The van der Waals surface area contributed by atoms with E-state index < -0.39 is 11.4 Å². The molecule has 1 aliphatic carbocycles. The molecule has 0 N–H and O–H groups in total. The van der Waals surface area contributed by atoms with E-state index in [-0.39, 0.29) is 18.3 Å². The van der Waals surface area contributed by atoms with Gasteiger partial charge >= 0.3 is 5.97 Å². The molecule has 7 nitrogen and oxygen atoms in total. The first-order valence-corrected chi connectivity index (χ1v) is 9.48. The van der Waals surface area contributed by atoms with Crippen molar-refractivity contribution in [1.29, 1.82) is 0 Å². The number of carbonyl (C=O) groups excluding carboxylic acids is 3. The molecule has 0 radical (unpaired) electrons. The number of amides is 1. The summed E-state index contributed by atoms with van der Waals surface area (Å²) in [6.45, 7) is 5.14. The lowest BCUT2D eigenvalue weighted by Crippen LogP contribution is -2.35. The molecule has 0 spiro atoms. The van der Waals surface area contributed by atoms with Gasteiger partial charge in [-0.15, -0.1) is 0 Å². The van der Waals surface area contributed by atoms with Crippen LogP contribution in [0.5, 0.6) is 11.5 Å². The minimum atomic E-state index is -0.471. The number of ketones is 1. The lowest BCUT2D eigenvalue weighted by atomic mass is 9.75. The molecule has 150 valence electrons. The van der Waals surface area contributed by atoms with E-state index in [0.717, 1.165) is 12.1 Å². The summed E-state index contributed by atoms with van der Waals surface area (Å²) in [5.74, 6) is 0.203. The van der Waals surface area contributed by atoms with Gasteiger partial charge in [0.1, 0.15) is 11.5 Å². The highest BCUT2D eigenvalue weighted by molar-refractivity contribution is 6.02. The van der Waals surface area contributed by atoms with Gasteiger partial charge in [0, 0.05) is 36.6 Å². The second kappa shape index (κ2) is 6.69. The molecule has 0 atom stereocenters. The topological polar surface area (TPSA) is 85.8 Å². The van der Waals surface area contributed by atoms with Gasteiger partial charge in [0.15, 0.2) is 12.4 Å². The van der Waals surface area contributed by atoms with E-state index >= 15 is 0 Å². The van der Waals surface area contributed by atoms with Crippen molar-refractivity contribution in [3.63, 3.8) is 0 Å². The summed E-state index contributed by atoms with van der Waals surface area (Å²) >= 11 is 0. The summed E-state index contributed by atoms with van der Waals surface area (Å²) in [5, 5.41) is 0. The first kappa shape index (κ1) is 19.1. The fraction of sp³-hybridized carbons (Fsp3) is 0.364. The van der Waals surface area contributed by atoms with Crippen LogP contribution < -0.4 is 14.4 Å². The normalized spacial score (nSPS) is 17.3. The maximum atomic E-state index is 12.7. The maximum Gasteiger partial charge on any atom is 0.308 e. The molecule has 0 unspecified atom stereocenters. The van der Waals surface area contributed by atoms with E-state index in [0.29, 0.717) is 40.4 Å². The van der Waals surface area contributed by atoms with Gasteiger partial charge in [-0.3, -0.25) is 19.4 Å². The number of carbonyl (C=O) groups is 3. The Morgan fingerprint density at radius 3 is 2.69 bits per heavy atom. The van der Waals surface area contributed by atoms with Crippen molar-refractivity contribution >= 4 is 23.3 Å². The predicted molar refractivity (Wildman–Crippen MR) is 106 cm³/mol. The van der Waals surface area contributed by atoms with Gasteiger partial charge in [0.25, 0.3) is 5.91 Å². The van der Waals surface area contributed by atoms with Gasteiger partial charge in [0.05, 0.1) is 17.1 Å². The Labute approximate surface area is 168 Å². The summed E-state index contributed by atoms with van der Waals surface area (Å²) in [6, 6.07) is 6.86. The van der Waals surface area contributed by atoms with Gasteiger partial charge in [-0.2, -0.15) is 0 Å². The van der Waals surface area contributed by atoms with Crippen LogP contribution in [0.4, 0.5) is 5.69 Å². The third-order valence-corrected chi connectivity index (χ3v) is 5.50. The van der Waals surface area contributed by atoms with Crippen molar-refractivity contribution in [2.24, 2.45) is 5.41 Å². The Hall–Kier alpha value is -3.22. The first-order valence-electron chi connectivity index (χ1n) is 9.48. The largest absolute Gasteiger partial charge is 0.481 e. The number of Topliss-reactive ketones (excluding diaryl/α,β-unsaturated/α-hetero) is 1. The zero-order chi connectivity index (χ0) is 20.9. The number of aromatic nitrogens is 1. The number of ether oxygens (including phenoxy) is 2. The van der Waals surface area contributed by atoms with Crippen LogP contribution >= 0.6 is 0 Å². The number of anilines is 1. The Morgan fingerprint density at radius 1 is 1.21 bits per heavy atom. The molecular formula is C22H22N2O5. The van der Waals surface area contributed by atoms with E-state index in [9.17, 15) is 14.4 Å². The van der Waals surface area contributed by atoms with Crippen molar-refractivity contribution in [3.8, 4) is 22.8 Å². The smallest absolute Gasteiger partial charge is 0.308 e. The second-order valence-corrected chi connectivity index (χ2v) is 8.05. The van der Waals surface area contributed by atoms with Crippen molar-refractivity contribution < 1.29 is 23.9 Å². The number of nitrogens with zero attached hydrogens (tertiary/aromatic N) is 2. The molecule has 0 saturated heterocycles. The zero-order valence-corrected chi connectivity index (χ0v) is 16.9. The van der Waals surface area contributed by atoms with Gasteiger partial charge in [-0.25, -0.2) is 0 Å². The molecule has 2 aromatic rings. The maximum absolute atomic E-state index is 12.7. The number of likely N-dealkylation sites (N-methyl/N-ethyl adjacent to an activating group) is 1. The second-order valence-electron chi connectivity index (χ2n) is 8.05.